The van der Waals surface area contributed by atoms with Crippen LogP contribution in [0.2, 0.25) is 0 Å². The van der Waals surface area contributed by atoms with Gasteiger partial charge in [-0.2, -0.15) is 0 Å². The molecule has 0 aromatic heterocycles. The van der Waals surface area contributed by atoms with Gasteiger partial charge in [0.05, 0.1) is 0 Å². The molecule has 1 N–H and O–H groups in total. The zero-order valence-electron chi connectivity index (χ0n) is 7.79. The minimum Gasteiger partial charge on any atom is -0.352 e. The molecule has 3 heteroatoms. The molecule has 0 unspecified atom stereocenters. The van der Waals surface area contributed by atoms with Gasteiger partial charge in [0, 0.05) is 16.9 Å². The van der Waals surface area contributed by atoms with Crippen LogP contribution in [0.1, 0.15) is 18.4 Å². The first-order chi connectivity index (χ1) is 6.75. The van der Waals surface area contributed by atoms with E-state index in [-0.39, 0.29) is 5.91 Å². The van der Waals surface area contributed by atoms with Crippen molar-refractivity contribution < 1.29 is 4.79 Å². The second-order valence-corrected chi connectivity index (χ2v) is 4.54. The Morgan fingerprint density at radius 2 is 2.29 bits per heavy atom. The van der Waals surface area contributed by atoms with Gasteiger partial charge in [0.1, 0.15) is 0 Å². The van der Waals surface area contributed by atoms with Crippen molar-refractivity contribution in [1.82, 2.24) is 5.32 Å². The van der Waals surface area contributed by atoms with E-state index >= 15 is 0 Å². The molecule has 0 spiro atoms. The number of carbonyl (C=O) groups excluding carboxylic acids is 1. The number of rotatable bonds is 3. The van der Waals surface area contributed by atoms with Crippen LogP contribution in [0, 0.1) is 5.92 Å². The monoisotopic (exact) mass is 253 g/mol. The summed E-state index contributed by atoms with van der Waals surface area (Å²) in [6.07, 6.45) is 2.12. The van der Waals surface area contributed by atoms with Crippen molar-refractivity contribution in [3.8, 4) is 0 Å². The fourth-order valence-electron chi connectivity index (χ4n) is 1.33. The van der Waals surface area contributed by atoms with Gasteiger partial charge in [-0.25, -0.2) is 0 Å². The quantitative estimate of drug-likeness (QED) is 0.882. The Balaban J connectivity index is 1.87. The second-order valence-electron chi connectivity index (χ2n) is 3.62. The second kappa shape index (κ2) is 4.13. The lowest BCUT2D eigenvalue weighted by atomic mass is 10.2. The molecule has 1 aliphatic rings. The number of amides is 1. The summed E-state index contributed by atoms with van der Waals surface area (Å²) in [7, 11) is 0. The Morgan fingerprint density at radius 1 is 1.50 bits per heavy atom. The van der Waals surface area contributed by atoms with Crippen molar-refractivity contribution in [2.24, 2.45) is 5.92 Å². The highest BCUT2D eigenvalue weighted by Crippen LogP contribution is 2.28. The lowest BCUT2D eigenvalue weighted by Crippen LogP contribution is -2.24. The van der Waals surface area contributed by atoms with Crippen LogP contribution in [0.3, 0.4) is 0 Å². The molecule has 0 aliphatic heterocycles. The molecule has 74 valence electrons. The zero-order valence-corrected chi connectivity index (χ0v) is 9.38. The summed E-state index contributed by atoms with van der Waals surface area (Å²) in [5.41, 5.74) is 1.13. The van der Waals surface area contributed by atoms with E-state index in [1.54, 1.807) is 0 Å². The Hall–Kier alpha value is -0.830. The van der Waals surface area contributed by atoms with Crippen molar-refractivity contribution >= 4 is 21.8 Å². The van der Waals surface area contributed by atoms with Crippen LogP contribution in [0.15, 0.2) is 28.7 Å². The van der Waals surface area contributed by atoms with E-state index in [1.807, 2.05) is 24.3 Å². The molecule has 0 radical (unpaired) electrons. The van der Waals surface area contributed by atoms with Crippen LogP contribution >= 0.6 is 15.9 Å². The Morgan fingerprint density at radius 3 is 2.93 bits per heavy atom. The third-order valence-corrected chi connectivity index (χ3v) is 2.80. The van der Waals surface area contributed by atoms with Gasteiger partial charge in [0.15, 0.2) is 0 Å². The molecule has 14 heavy (non-hydrogen) atoms. The minimum absolute atomic E-state index is 0.199. The van der Waals surface area contributed by atoms with Gasteiger partial charge in [-0.15, -0.1) is 0 Å². The van der Waals surface area contributed by atoms with Gasteiger partial charge >= 0.3 is 0 Å². The van der Waals surface area contributed by atoms with Crippen LogP contribution in [-0.4, -0.2) is 5.91 Å². The van der Waals surface area contributed by atoms with Gasteiger partial charge in [0.2, 0.25) is 5.91 Å². The van der Waals surface area contributed by atoms with Gasteiger partial charge in [0.25, 0.3) is 0 Å². The van der Waals surface area contributed by atoms with Gasteiger partial charge in [-0.1, -0.05) is 28.1 Å². The predicted octanol–water partition coefficient (Wildman–Crippen LogP) is 2.48. The number of hydrogen-bond donors (Lipinski definition) is 1. The van der Waals surface area contributed by atoms with Gasteiger partial charge in [-0.3, -0.25) is 4.79 Å². The summed E-state index contributed by atoms with van der Waals surface area (Å²) < 4.78 is 1.05. The van der Waals surface area contributed by atoms with E-state index in [1.165, 1.54) is 0 Å². The average Bonchev–Trinajstić information content (AvgIpc) is 2.97. The normalized spacial score (nSPS) is 15.2. The molecule has 1 fully saturated rings. The standard InChI is InChI=1S/C11H12BrNO/c12-10-3-1-2-8(6-10)7-13-11(14)9-4-5-9/h1-3,6,9H,4-5,7H2,(H,13,14). The maximum absolute atomic E-state index is 11.3. The molecule has 1 saturated carbocycles. The lowest BCUT2D eigenvalue weighted by Gasteiger charge is -2.04. The molecule has 1 aromatic carbocycles. The Labute approximate surface area is 91.8 Å². The van der Waals surface area contributed by atoms with Crippen LogP contribution in [-0.2, 0) is 11.3 Å². The van der Waals surface area contributed by atoms with Crippen molar-refractivity contribution in [2.75, 3.05) is 0 Å². The molecule has 2 rings (SSSR count). The predicted molar refractivity (Wildman–Crippen MR) is 58.7 cm³/mol. The fraction of sp³-hybridized carbons (Fsp3) is 0.364. The molecule has 1 aromatic rings. The van der Waals surface area contributed by atoms with Crippen LogP contribution in [0.5, 0.6) is 0 Å². The molecule has 0 atom stereocenters. The van der Waals surface area contributed by atoms with E-state index in [4.69, 9.17) is 0 Å². The highest BCUT2D eigenvalue weighted by atomic mass is 79.9. The summed E-state index contributed by atoms with van der Waals surface area (Å²) in [5.74, 6) is 0.493. The lowest BCUT2D eigenvalue weighted by molar-refractivity contribution is -0.122. The first kappa shape index (κ1) is 9.71. The van der Waals surface area contributed by atoms with Gasteiger partial charge < -0.3 is 5.32 Å². The van der Waals surface area contributed by atoms with Crippen LogP contribution < -0.4 is 5.32 Å². The molecule has 2 nitrogen and oxygen atoms in total. The van der Waals surface area contributed by atoms with Crippen molar-refractivity contribution in [3.05, 3.63) is 34.3 Å². The molecular formula is C11H12BrNO. The van der Waals surface area contributed by atoms with Crippen molar-refractivity contribution in [2.45, 2.75) is 19.4 Å². The first-order valence-electron chi connectivity index (χ1n) is 4.78. The SMILES string of the molecule is O=C(NCc1cccc(Br)c1)C1CC1. The molecule has 0 bridgehead atoms. The van der Waals surface area contributed by atoms with Crippen molar-refractivity contribution in [3.63, 3.8) is 0 Å². The topological polar surface area (TPSA) is 29.1 Å². The number of nitrogens with one attached hydrogen (secondary N) is 1. The maximum Gasteiger partial charge on any atom is 0.223 e. The van der Waals surface area contributed by atoms with E-state index < -0.39 is 0 Å². The maximum atomic E-state index is 11.3. The minimum atomic E-state index is 0.199. The number of halogens is 1. The summed E-state index contributed by atoms with van der Waals surface area (Å²) in [6.45, 7) is 0.634. The largest absolute Gasteiger partial charge is 0.352 e. The summed E-state index contributed by atoms with van der Waals surface area (Å²) in [4.78, 5) is 11.3. The van der Waals surface area contributed by atoms with E-state index in [2.05, 4.69) is 21.2 Å². The summed E-state index contributed by atoms with van der Waals surface area (Å²) in [5, 5.41) is 2.93. The Bertz CT molecular complexity index is 347. The third kappa shape index (κ3) is 2.58. The summed E-state index contributed by atoms with van der Waals surface area (Å²) in [6, 6.07) is 7.99. The molecule has 0 heterocycles. The fourth-order valence-corrected chi connectivity index (χ4v) is 1.77. The average molecular weight is 254 g/mol. The first-order valence-corrected chi connectivity index (χ1v) is 5.57. The molecular weight excluding hydrogens is 242 g/mol. The van der Waals surface area contributed by atoms with E-state index in [0.717, 1.165) is 22.9 Å². The molecule has 1 aliphatic carbocycles. The van der Waals surface area contributed by atoms with Crippen LogP contribution in [0.4, 0.5) is 0 Å². The number of benzene rings is 1. The Kier molecular flexibility index (Phi) is 2.87. The zero-order chi connectivity index (χ0) is 9.97. The number of carbonyl (C=O) groups is 1. The van der Waals surface area contributed by atoms with Crippen LogP contribution in [0.25, 0.3) is 0 Å². The van der Waals surface area contributed by atoms with Crippen molar-refractivity contribution in [1.29, 1.82) is 0 Å². The third-order valence-electron chi connectivity index (χ3n) is 2.30. The van der Waals surface area contributed by atoms with E-state index in [9.17, 15) is 4.79 Å². The summed E-state index contributed by atoms with van der Waals surface area (Å²) >= 11 is 3.40. The smallest absolute Gasteiger partial charge is 0.223 e. The highest BCUT2D eigenvalue weighted by Gasteiger charge is 2.29. The highest BCUT2D eigenvalue weighted by molar-refractivity contribution is 9.10. The van der Waals surface area contributed by atoms with Gasteiger partial charge in [-0.05, 0) is 30.5 Å². The molecule has 1 amide bonds. The molecule has 0 saturated heterocycles. The van der Waals surface area contributed by atoms with E-state index in [0.29, 0.717) is 12.5 Å². The number of hydrogen-bond acceptors (Lipinski definition) is 1.